The van der Waals surface area contributed by atoms with Crippen LogP contribution in [0.3, 0.4) is 0 Å². The van der Waals surface area contributed by atoms with E-state index in [1.807, 2.05) is 33.0 Å². The minimum Gasteiger partial charge on any atom is -0.346 e. The summed E-state index contributed by atoms with van der Waals surface area (Å²) in [5, 5.41) is 20.6. The van der Waals surface area contributed by atoms with Crippen LogP contribution in [0.2, 0.25) is 0 Å². The molecule has 2 aromatic rings. The van der Waals surface area contributed by atoms with Gasteiger partial charge in [0.2, 0.25) is 5.91 Å². The number of hydrogen-bond donors (Lipinski definition) is 1. The largest absolute Gasteiger partial charge is 0.346 e. The van der Waals surface area contributed by atoms with Gasteiger partial charge in [-0.1, -0.05) is 20.2 Å². The molecule has 0 fully saturated rings. The number of fused-ring (bicyclic) bond motifs is 1. The van der Waals surface area contributed by atoms with Crippen LogP contribution in [0, 0.1) is 11.3 Å². The highest BCUT2D eigenvalue weighted by molar-refractivity contribution is 14.2. The minimum absolute atomic E-state index is 0.120. The maximum absolute atomic E-state index is 12.9. The van der Waals surface area contributed by atoms with E-state index in [2.05, 4.69) is 47.9 Å². The highest BCUT2D eigenvalue weighted by Crippen LogP contribution is 2.39. The van der Waals surface area contributed by atoms with Crippen molar-refractivity contribution in [1.82, 2.24) is 25.3 Å². The zero-order valence-corrected chi connectivity index (χ0v) is 17.1. The molecule has 7 nitrogen and oxygen atoms in total. The second-order valence-corrected chi connectivity index (χ2v) is 9.12. The van der Waals surface area contributed by atoms with Gasteiger partial charge in [0.25, 0.3) is 0 Å². The summed E-state index contributed by atoms with van der Waals surface area (Å²) in [6.45, 7) is 5.71. The van der Waals surface area contributed by atoms with E-state index >= 15 is 0 Å². The molecule has 2 aromatic heterocycles. The number of aromatic nitrogens is 4. The fraction of sp³-hybridized carbons (Fsp3) is 0.438. The second kappa shape index (κ2) is 6.57. The van der Waals surface area contributed by atoms with E-state index in [0.29, 0.717) is 23.7 Å². The topological polar surface area (TPSA) is 96.5 Å². The zero-order chi connectivity index (χ0) is 18.2. The van der Waals surface area contributed by atoms with Crippen LogP contribution in [0.15, 0.2) is 18.3 Å². The van der Waals surface area contributed by atoms with Crippen LogP contribution in [0.25, 0.3) is 0 Å². The summed E-state index contributed by atoms with van der Waals surface area (Å²) >= 11 is 2.20. The van der Waals surface area contributed by atoms with Gasteiger partial charge < -0.3 is 5.32 Å². The smallest absolute Gasteiger partial charge is 0.233 e. The molecule has 1 aliphatic heterocycles. The average Bonchev–Trinajstić information content (AvgIpc) is 3.00. The number of nitrogens with one attached hydrogen (secondary N) is 1. The summed E-state index contributed by atoms with van der Waals surface area (Å²) in [5.74, 6) is 0.571. The molecule has 0 radical (unpaired) electrons. The highest BCUT2D eigenvalue weighted by Gasteiger charge is 2.48. The highest BCUT2D eigenvalue weighted by atomic mass is 127. The third-order valence-corrected chi connectivity index (χ3v) is 5.63. The van der Waals surface area contributed by atoms with E-state index in [1.54, 1.807) is 19.7 Å². The summed E-state index contributed by atoms with van der Waals surface area (Å²) in [6.07, 6.45) is 2.22. The molecule has 3 heterocycles. The van der Waals surface area contributed by atoms with Gasteiger partial charge in [-0.3, -0.25) is 4.79 Å². The number of nitriles is 1. The lowest BCUT2D eigenvalue weighted by molar-refractivity contribution is -0.129. The van der Waals surface area contributed by atoms with Crippen LogP contribution >= 0.6 is 30.1 Å². The van der Waals surface area contributed by atoms with Gasteiger partial charge in [0.1, 0.15) is 11.8 Å². The molecule has 9 heteroatoms. The Morgan fingerprint density at radius 2 is 2.16 bits per heavy atom. The van der Waals surface area contributed by atoms with Crippen LogP contribution in [0.4, 0.5) is 0 Å². The monoisotopic (exact) mass is 468 g/mol. The van der Waals surface area contributed by atoms with Gasteiger partial charge >= 0.3 is 0 Å². The summed E-state index contributed by atoms with van der Waals surface area (Å²) in [6, 6.07) is 5.63. The average molecular weight is 468 g/mol. The number of pyridine rings is 1. The number of rotatable bonds is 4. The molecule has 1 amide bonds. The quantitative estimate of drug-likeness (QED) is 0.693. The lowest BCUT2D eigenvalue weighted by atomic mass is 9.71. The van der Waals surface area contributed by atoms with E-state index in [9.17, 15) is 10.1 Å². The SMILES string of the molecule is CC1(C)NC(=O)C(C)(Cc2cn(CSI)nn2)c2nc(C#N)ccc21. The van der Waals surface area contributed by atoms with E-state index in [4.69, 9.17) is 0 Å². The normalized spacial score (nSPS) is 21.3. The lowest BCUT2D eigenvalue weighted by Crippen LogP contribution is -2.57. The standard InChI is InChI=1S/C16H17IN6OS/c1-15(2)12-5-4-10(7-18)19-13(12)16(3,14(24)20-15)6-11-8-23(9-25-17)22-21-11/h4-5,8H,6,9H2,1-3H3,(H,20,24). The van der Waals surface area contributed by atoms with Crippen LogP contribution < -0.4 is 5.32 Å². The van der Waals surface area contributed by atoms with Gasteiger partial charge in [-0.05, 0) is 53.6 Å². The summed E-state index contributed by atoms with van der Waals surface area (Å²) in [4.78, 5) is 17.4. The fourth-order valence-electron chi connectivity index (χ4n) is 3.10. The van der Waals surface area contributed by atoms with Gasteiger partial charge in [0.05, 0.1) is 28.2 Å². The van der Waals surface area contributed by atoms with Crippen molar-refractivity contribution in [3.63, 3.8) is 0 Å². The Kier molecular flexibility index (Phi) is 4.76. The molecule has 0 saturated carbocycles. The van der Waals surface area contributed by atoms with Crippen LogP contribution in [-0.2, 0) is 28.0 Å². The third kappa shape index (κ3) is 3.25. The predicted molar refractivity (Wildman–Crippen MR) is 103 cm³/mol. The van der Waals surface area contributed by atoms with Crippen molar-refractivity contribution in [2.75, 3.05) is 0 Å². The molecule has 1 atom stereocenters. The van der Waals surface area contributed by atoms with Gasteiger partial charge in [-0.15, -0.1) is 5.10 Å². The minimum atomic E-state index is -0.907. The number of amides is 1. The Morgan fingerprint density at radius 3 is 2.84 bits per heavy atom. The number of nitrogens with zero attached hydrogens (tertiary/aromatic N) is 5. The Labute approximate surface area is 162 Å². The maximum Gasteiger partial charge on any atom is 0.233 e. The van der Waals surface area contributed by atoms with Crippen LogP contribution in [0.5, 0.6) is 0 Å². The number of carbonyl (C=O) groups is 1. The van der Waals surface area contributed by atoms with Crippen LogP contribution in [-0.4, -0.2) is 25.9 Å². The third-order valence-electron chi connectivity index (χ3n) is 4.43. The molecule has 0 saturated heterocycles. The Morgan fingerprint density at radius 1 is 1.40 bits per heavy atom. The van der Waals surface area contributed by atoms with E-state index in [1.165, 1.54) is 0 Å². The van der Waals surface area contributed by atoms with Gasteiger partial charge in [0, 0.05) is 12.6 Å². The number of halogens is 1. The van der Waals surface area contributed by atoms with Gasteiger partial charge in [-0.25, -0.2) is 9.67 Å². The predicted octanol–water partition coefficient (Wildman–Crippen LogP) is 2.45. The fourth-order valence-corrected chi connectivity index (χ4v) is 4.18. The molecule has 0 aliphatic carbocycles. The van der Waals surface area contributed by atoms with Crippen molar-refractivity contribution in [2.24, 2.45) is 0 Å². The van der Waals surface area contributed by atoms with Crippen molar-refractivity contribution >= 4 is 36.0 Å². The Hall–Kier alpha value is -1.67. The van der Waals surface area contributed by atoms with E-state index in [-0.39, 0.29) is 5.91 Å². The summed E-state index contributed by atoms with van der Waals surface area (Å²) in [7, 11) is 1.61. The first-order chi connectivity index (χ1) is 11.8. The van der Waals surface area contributed by atoms with E-state index in [0.717, 1.165) is 11.3 Å². The summed E-state index contributed by atoms with van der Waals surface area (Å²) in [5.41, 5.74) is 1.14. The zero-order valence-electron chi connectivity index (χ0n) is 14.1. The number of hydrogen-bond acceptors (Lipinski definition) is 6. The molecule has 3 rings (SSSR count). The van der Waals surface area contributed by atoms with Crippen molar-refractivity contribution in [3.05, 3.63) is 41.0 Å². The van der Waals surface area contributed by atoms with Gasteiger partial charge in [0.15, 0.2) is 0 Å². The second-order valence-electron chi connectivity index (χ2n) is 6.78. The molecule has 0 aromatic carbocycles. The maximum atomic E-state index is 12.9. The number of carbonyl (C=O) groups excluding carboxylic acids is 1. The first-order valence-electron chi connectivity index (χ1n) is 7.67. The molecule has 1 aliphatic rings. The molecule has 1 N–H and O–H groups in total. The molecule has 130 valence electrons. The van der Waals surface area contributed by atoms with Crippen LogP contribution in [0.1, 0.15) is 43.4 Å². The molecule has 1 unspecified atom stereocenters. The van der Waals surface area contributed by atoms with Gasteiger partial charge in [-0.2, -0.15) is 5.26 Å². The first-order valence-corrected chi connectivity index (χ1v) is 11.2. The molecular formula is C16H17IN6OS. The van der Waals surface area contributed by atoms with Crippen molar-refractivity contribution in [1.29, 1.82) is 5.26 Å². The Bertz CT molecular complexity index is 874. The van der Waals surface area contributed by atoms with Crippen molar-refractivity contribution in [3.8, 4) is 6.07 Å². The molecule has 25 heavy (non-hydrogen) atoms. The molecule has 0 bridgehead atoms. The molecular weight excluding hydrogens is 451 g/mol. The van der Waals surface area contributed by atoms with E-state index < -0.39 is 11.0 Å². The van der Waals surface area contributed by atoms with Crippen molar-refractivity contribution in [2.45, 2.75) is 44.0 Å². The Balaban J connectivity index is 2.07. The molecule has 0 spiro atoms. The van der Waals surface area contributed by atoms with Crippen molar-refractivity contribution < 1.29 is 4.79 Å². The lowest BCUT2D eigenvalue weighted by Gasteiger charge is -2.42. The summed E-state index contributed by atoms with van der Waals surface area (Å²) < 4.78 is 1.74. The first kappa shape index (κ1) is 18.1.